The standard InChI is InChI=1S/C59H38N2O/c1-5-17-39(18-6-1)43-33-44(41-30-32-57-51(36-41)49-26-14-16-28-56(49)62-57)35-45(34-43)55-38-54(60-58(61-55)40-19-7-2-8-20-40)42-29-31-53-50(37-42)48-25-13-15-27-52(48)59(53,46-21-9-3-10-22-46)47-23-11-4-12-24-47/h1-38H. The minimum atomic E-state index is -0.473. The number of nitrogens with zero attached hydrogens (tertiary/aromatic N) is 2. The van der Waals surface area contributed by atoms with Crippen molar-refractivity contribution in [1.29, 1.82) is 0 Å². The highest BCUT2D eigenvalue weighted by Crippen LogP contribution is 2.56. The highest BCUT2D eigenvalue weighted by Gasteiger charge is 2.46. The molecule has 3 nitrogen and oxygen atoms in total. The number of furan rings is 1. The first-order chi connectivity index (χ1) is 30.7. The summed E-state index contributed by atoms with van der Waals surface area (Å²) in [6.45, 7) is 0. The minimum Gasteiger partial charge on any atom is -0.456 e. The number of fused-ring (bicyclic) bond motifs is 6. The van der Waals surface area contributed by atoms with Crippen LogP contribution in [0.2, 0.25) is 0 Å². The Morgan fingerprint density at radius 3 is 1.56 bits per heavy atom. The second-order valence-corrected chi connectivity index (χ2v) is 16.1. The van der Waals surface area contributed by atoms with E-state index >= 15 is 0 Å². The van der Waals surface area contributed by atoms with Gasteiger partial charge in [0.25, 0.3) is 0 Å². The summed E-state index contributed by atoms with van der Waals surface area (Å²) in [6, 6.07) is 82.3. The van der Waals surface area contributed by atoms with Crippen molar-refractivity contribution in [1.82, 2.24) is 9.97 Å². The van der Waals surface area contributed by atoms with Gasteiger partial charge in [-0.1, -0.05) is 182 Å². The monoisotopic (exact) mass is 790 g/mol. The summed E-state index contributed by atoms with van der Waals surface area (Å²) in [7, 11) is 0. The molecule has 2 heterocycles. The molecular weight excluding hydrogens is 753 g/mol. The largest absolute Gasteiger partial charge is 0.456 e. The van der Waals surface area contributed by atoms with Gasteiger partial charge in [-0.05, 0) is 104 Å². The number of aromatic nitrogens is 2. The van der Waals surface area contributed by atoms with E-state index in [9.17, 15) is 0 Å². The van der Waals surface area contributed by atoms with E-state index in [-0.39, 0.29) is 0 Å². The number of hydrogen-bond acceptors (Lipinski definition) is 3. The molecule has 0 amide bonds. The predicted octanol–water partition coefficient (Wildman–Crippen LogP) is 15.1. The molecule has 0 atom stereocenters. The van der Waals surface area contributed by atoms with E-state index < -0.39 is 5.41 Å². The van der Waals surface area contributed by atoms with Gasteiger partial charge in [-0.15, -0.1) is 0 Å². The zero-order valence-corrected chi connectivity index (χ0v) is 33.7. The molecule has 1 aliphatic carbocycles. The Labute approximate surface area is 360 Å². The van der Waals surface area contributed by atoms with Crippen LogP contribution in [-0.4, -0.2) is 9.97 Å². The van der Waals surface area contributed by atoms with Crippen LogP contribution in [0.5, 0.6) is 0 Å². The molecule has 1 aliphatic rings. The molecule has 0 N–H and O–H groups in total. The molecule has 2 aromatic heterocycles. The van der Waals surface area contributed by atoms with Crippen molar-refractivity contribution in [2.45, 2.75) is 5.41 Å². The fraction of sp³-hybridized carbons (Fsp3) is 0.0169. The Hall–Kier alpha value is -8.14. The lowest BCUT2D eigenvalue weighted by Crippen LogP contribution is -2.28. The van der Waals surface area contributed by atoms with Crippen LogP contribution < -0.4 is 0 Å². The van der Waals surface area contributed by atoms with Crippen LogP contribution in [0.3, 0.4) is 0 Å². The summed E-state index contributed by atoms with van der Waals surface area (Å²) in [6.07, 6.45) is 0. The van der Waals surface area contributed by atoms with Gasteiger partial charge in [-0.2, -0.15) is 0 Å². The average molecular weight is 791 g/mol. The van der Waals surface area contributed by atoms with Gasteiger partial charge in [0.05, 0.1) is 16.8 Å². The normalized spacial score (nSPS) is 12.6. The molecule has 0 aliphatic heterocycles. The van der Waals surface area contributed by atoms with Crippen molar-refractivity contribution in [3.8, 4) is 67.3 Å². The fourth-order valence-electron chi connectivity index (χ4n) is 9.71. The average Bonchev–Trinajstić information content (AvgIpc) is 3.88. The Morgan fingerprint density at radius 1 is 0.306 bits per heavy atom. The third-order valence-corrected chi connectivity index (χ3v) is 12.6. The molecule has 0 saturated heterocycles. The number of rotatable bonds is 7. The van der Waals surface area contributed by atoms with Crippen LogP contribution in [0.25, 0.3) is 89.2 Å². The van der Waals surface area contributed by atoms with Crippen LogP contribution >= 0.6 is 0 Å². The van der Waals surface area contributed by atoms with Gasteiger partial charge in [0.2, 0.25) is 0 Å². The van der Waals surface area contributed by atoms with E-state index in [0.717, 1.165) is 72.3 Å². The molecule has 12 rings (SSSR count). The van der Waals surface area contributed by atoms with E-state index in [2.05, 4.69) is 200 Å². The molecular formula is C59H38N2O. The Bertz CT molecular complexity index is 3410. The molecule has 11 aromatic rings. The molecule has 0 saturated carbocycles. The summed E-state index contributed by atoms with van der Waals surface area (Å²) < 4.78 is 6.23. The van der Waals surface area contributed by atoms with E-state index in [1.807, 2.05) is 30.3 Å². The van der Waals surface area contributed by atoms with E-state index in [0.29, 0.717) is 5.82 Å². The molecule has 62 heavy (non-hydrogen) atoms. The second kappa shape index (κ2) is 14.5. The molecule has 0 unspecified atom stereocenters. The smallest absolute Gasteiger partial charge is 0.160 e. The lowest BCUT2D eigenvalue weighted by atomic mass is 9.67. The summed E-state index contributed by atoms with van der Waals surface area (Å²) in [5, 5.41) is 2.21. The van der Waals surface area contributed by atoms with Crippen LogP contribution in [0.4, 0.5) is 0 Å². The summed E-state index contributed by atoms with van der Waals surface area (Å²) in [5.41, 5.74) is 18.0. The number of benzene rings is 9. The number of para-hydroxylation sites is 1. The van der Waals surface area contributed by atoms with Gasteiger partial charge in [0.1, 0.15) is 11.2 Å². The maximum Gasteiger partial charge on any atom is 0.160 e. The van der Waals surface area contributed by atoms with Gasteiger partial charge in [-0.25, -0.2) is 9.97 Å². The zero-order valence-electron chi connectivity index (χ0n) is 33.7. The lowest BCUT2D eigenvalue weighted by Gasteiger charge is -2.33. The predicted molar refractivity (Wildman–Crippen MR) is 254 cm³/mol. The van der Waals surface area contributed by atoms with Gasteiger partial charge in [0.15, 0.2) is 5.82 Å². The lowest BCUT2D eigenvalue weighted by molar-refractivity contribution is 0.669. The van der Waals surface area contributed by atoms with Gasteiger partial charge >= 0.3 is 0 Å². The molecule has 3 heteroatoms. The quantitative estimate of drug-likeness (QED) is 0.161. The molecule has 290 valence electrons. The van der Waals surface area contributed by atoms with E-state index in [4.69, 9.17) is 14.4 Å². The molecule has 0 radical (unpaired) electrons. The van der Waals surface area contributed by atoms with Crippen LogP contribution in [0.1, 0.15) is 22.3 Å². The molecule has 0 fully saturated rings. The third kappa shape index (κ3) is 5.82. The van der Waals surface area contributed by atoms with Crippen molar-refractivity contribution in [2.75, 3.05) is 0 Å². The second-order valence-electron chi connectivity index (χ2n) is 16.1. The van der Waals surface area contributed by atoms with Gasteiger partial charge < -0.3 is 4.42 Å². The Balaban J connectivity index is 1.07. The van der Waals surface area contributed by atoms with E-state index in [1.54, 1.807) is 0 Å². The first kappa shape index (κ1) is 35.8. The van der Waals surface area contributed by atoms with Crippen molar-refractivity contribution < 1.29 is 4.42 Å². The summed E-state index contributed by atoms with van der Waals surface area (Å²) in [5.74, 6) is 0.680. The molecule has 0 spiro atoms. The summed E-state index contributed by atoms with van der Waals surface area (Å²) in [4.78, 5) is 10.7. The first-order valence-electron chi connectivity index (χ1n) is 21.1. The molecule has 9 aromatic carbocycles. The fourth-order valence-corrected chi connectivity index (χ4v) is 9.71. The zero-order chi connectivity index (χ0) is 41.0. The van der Waals surface area contributed by atoms with Crippen LogP contribution in [-0.2, 0) is 5.41 Å². The van der Waals surface area contributed by atoms with Crippen molar-refractivity contribution in [2.24, 2.45) is 0 Å². The minimum absolute atomic E-state index is 0.473. The third-order valence-electron chi connectivity index (χ3n) is 12.6. The highest BCUT2D eigenvalue weighted by atomic mass is 16.3. The van der Waals surface area contributed by atoms with Crippen LogP contribution in [0, 0.1) is 0 Å². The van der Waals surface area contributed by atoms with Gasteiger partial charge in [-0.3, -0.25) is 0 Å². The highest BCUT2D eigenvalue weighted by molar-refractivity contribution is 6.06. The van der Waals surface area contributed by atoms with Crippen LogP contribution in [0.15, 0.2) is 235 Å². The SMILES string of the molecule is c1ccc(-c2cc(-c3ccc4oc5ccccc5c4c3)cc(-c3cc(-c4ccc5c(c4)-c4ccccc4C5(c4ccccc4)c4ccccc4)nc(-c4ccccc4)n3)c2)cc1. The first-order valence-corrected chi connectivity index (χ1v) is 21.1. The maximum atomic E-state index is 6.23. The van der Waals surface area contributed by atoms with Crippen molar-refractivity contribution in [3.05, 3.63) is 253 Å². The topological polar surface area (TPSA) is 38.9 Å². The molecule has 0 bridgehead atoms. The van der Waals surface area contributed by atoms with Crippen molar-refractivity contribution in [3.63, 3.8) is 0 Å². The Morgan fingerprint density at radius 2 is 0.839 bits per heavy atom. The van der Waals surface area contributed by atoms with Gasteiger partial charge in [0, 0.05) is 27.5 Å². The summed E-state index contributed by atoms with van der Waals surface area (Å²) >= 11 is 0. The Kier molecular flexibility index (Phi) is 8.39. The van der Waals surface area contributed by atoms with E-state index in [1.165, 1.54) is 33.4 Å². The van der Waals surface area contributed by atoms with Crippen molar-refractivity contribution >= 4 is 21.9 Å². The number of hydrogen-bond donors (Lipinski definition) is 0. The maximum absolute atomic E-state index is 6.23.